The minimum Gasteiger partial charge on any atom is -0.487 e. The largest absolute Gasteiger partial charge is 0.487 e. The molecule has 5 rings (SSSR count). The smallest absolute Gasteiger partial charge is 0.148 e. The van der Waals surface area contributed by atoms with Gasteiger partial charge in [0.05, 0.1) is 16.3 Å². The van der Waals surface area contributed by atoms with Crippen molar-refractivity contribution in [3.8, 4) is 5.75 Å². The second kappa shape index (κ2) is 12.2. The predicted octanol–water partition coefficient (Wildman–Crippen LogP) is 6.09. The maximum atomic E-state index is 13.4. The van der Waals surface area contributed by atoms with Crippen molar-refractivity contribution < 1.29 is 17.5 Å². The molecule has 0 saturated carbocycles. The lowest BCUT2D eigenvalue weighted by molar-refractivity contribution is 0.306. The molecular weight excluding hydrogens is 551 g/mol. The minimum atomic E-state index is -2.98. The zero-order chi connectivity index (χ0) is 28.1. The molecule has 1 aliphatic rings. The first kappa shape index (κ1) is 27.8. The summed E-state index contributed by atoms with van der Waals surface area (Å²) in [5, 5.41) is 7.82. The molecule has 0 spiro atoms. The number of hydrogen-bond acceptors (Lipinski definition) is 7. The number of fused-ring (bicyclic) bond motifs is 1. The Hall–Kier alpha value is -3.79. The number of hydrogen-bond donors (Lipinski definition) is 2. The average Bonchev–Trinajstić information content (AvgIpc) is 3.39. The number of benzene rings is 3. The van der Waals surface area contributed by atoms with Crippen LogP contribution in [0.4, 0.5) is 15.9 Å². The number of nitrogens with zero attached hydrogens (tertiary/aromatic N) is 2. The minimum absolute atomic E-state index is 0.122. The van der Waals surface area contributed by atoms with Gasteiger partial charge in [-0.1, -0.05) is 47.5 Å². The number of aromatic nitrogens is 2. The van der Waals surface area contributed by atoms with Crippen LogP contribution >= 0.6 is 11.6 Å². The van der Waals surface area contributed by atoms with E-state index in [2.05, 4.69) is 38.8 Å². The van der Waals surface area contributed by atoms with E-state index in [9.17, 15) is 12.8 Å². The summed E-state index contributed by atoms with van der Waals surface area (Å²) < 4.78 is 41.9. The van der Waals surface area contributed by atoms with Gasteiger partial charge in [-0.2, -0.15) is 0 Å². The van der Waals surface area contributed by atoms with Crippen LogP contribution in [0, 0.1) is 5.82 Å². The number of anilines is 2. The van der Waals surface area contributed by atoms with E-state index in [-0.39, 0.29) is 18.2 Å². The van der Waals surface area contributed by atoms with Gasteiger partial charge in [-0.05, 0) is 65.6 Å². The van der Waals surface area contributed by atoms with Gasteiger partial charge < -0.3 is 15.4 Å². The van der Waals surface area contributed by atoms with Gasteiger partial charge in [0.1, 0.15) is 40.2 Å². The van der Waals surface area contributed by atoms with Crippen molar-refractivity contribution in [2.24, 2.45) is 0 Å². The summed E-state index contributed by atoms with van der Waals surface area (Å²) in [6, 6.07) is 17.7. The quantitative estimate of drug-likeness (QED) is 0.208. The van der Waals surface area contributed by atoms with Crippen LogP contribution in [0.25, 0.3) is 16.5 Å². The number of ether oxygens (including phenoxy) is 1. The van der Waals surface area contributed by atoms with Crippen LogP contribution < -0.4 is 15.4 Å². The fourth-order valence-corrected chi connectivity index (χ4v) is 5.13. The van der Waals surface area contributed by atoms with Crippen LogP contribution in [0.2, 0.25) is 5.02 Å². The van der Waals surface area contributed by atoms with E-state index in [4.69, 9.17) is 16.3 Å². The first-order valence-corrected chi connectivity index (χ1v) is 15.1. The summed E-state index contributed by atoms with van der Waals surface area (Å²) in [7, 11) is -2.98. The Morgan fingerprint density at radius 1 is 1.05 bits per heavy atom. The molecule has 0 aliphatic heterocycles. The first-order valence-electron chi connectivity index (χ1n) is 12.7. The molecule has 40 heavy (non-hydrogen) atoms. The first-order chi connectivity index (χ1) is 19.2. The molecule has 0 atom stereocenters. The monoisotopic (exact) mass is 578 g/mol. The van der Waals surface area contributed by atoms with Crippen LogP contribution in [0.15, 0.2) is 84.7 Å². The van der Waals surface area contributed by atoms with Gasteiger partial charge in [-0.15, -0.1) is 0 Å². The van der Waals surface area contributed by atoms with Crippen molar-refractivity contribution in [3.63, 3.8) is 0 Å². The molecular formula is C30H28ClFN4O3S. The molecule has 10 heteroatoms. The van der Waals surface area contributed by atoms with Crippen molar-refractivity contribution >= 4 is 49.4 Å². The van der Waals surface area contributed by atoms with Gasteiger partial charge in [0, 0.05) is 30.4 Å². The molecule has 3 aromatic carbocycles. The lowest BCUT2D eigenvalue weighted by atomic mass is 10.0. The van der Waals surface area contributed by atoms with Gasteiger partial charge in [-0.3, -0.25) is 0 Å². The summed E-state index contributed by atoms with van der Waals surface area (Å²) in [4.78, 5) is 8.88. The van der Waals surface area contributed by atoms with Crippen LogP contribution in [0.1, 0.15) is 17.5 Å². The highest BCUT2D eigenvalue weighted by Gasteiger charge is 2.14. The zero-order valence-corrected chi connectivity index (χ0v) is 23.4. The zero-order valence-electron chi connectivity index (χ0n) is 21.8. The van der Waals surface area contributed by atoms with E-state index < -0.39 is 9.84 Å². The molecule has 1 aliphatic carbocycles. The molecule has 2 N–H and O–H groups in total. The highest BCUT2D eigenvalue weighted by molar-refractivity contribution is 7.90. The molecule has 0 unspecified atom stereocenters. The van der Waals surface area contributed by atoms with E-state index in [1.54, 1.807) is 24.3 Å². The Balaban J connectivity index is 1.25. The molecule has 4 aromatic rings. The van der Waals surface area contributed by atoms with E-state index >= 15 is 0 Å². The summed E-state index contributed by atoms with van der Waals surface area (Å²) in [6.45, 7) is 1.27. The number of rotatable bonds is 11. The number of halogens is 2. The molecule has 1 aromatic heterocycles. The molecule has 7 nitrogen and oxygen atoms in total. The number of nitrogens with one attached hydrogen (secondary N) is 2. The second-order valence-electron chi connectivity index (χ2n) is 9.64. The van der Waals surface area contributed by atoms with Crippen molar-refractivity contribution in [2.75, 3.05) is 30.4 Å². The third kappa shape index (κ3) is 7.24. The molecule has 0 saturated heterocycles. The van der Waals surface area contributed by atoms with E-state index in [1.807, 2.05) is 18.2 Å². The average molecular weight is 579 g/mol. The number of sulfone groups is 1. The van der Waals surface area contributed by atoms with Gasteiger partial charge >= 0.3 is 0 Å². The second-order valence-corrected chi connectivity index (χ2v) is 12.3. The Morgan fingerprint density at radius 2 is 1.93 bits per heavy atom. The lowest BCUT2D eigenvalue weighted by Crippen LogP contribution is -2.24. The van der Waals surface area contributed by atoms with Crippen molar-refractivity contribution in [2.45, 2.75) is 13.0 Å². The fraction of sp³-hybridized carbons (Fsp3) is 0.200. The number of allylic oxidation sites excluding steroid dienone is 3. The summed E-state index contributed by atoms with van der Waals surface area (Å²) in [6.07, 6.45) is 7.70. The maximum absolute atomic E-state index is 13.4. The SMILES string of the molecule is CS(=O)(=O)CCNCC1=CC=C(c2ccc3ncnc(Nc4ccc(OCc5cccc(F)c5)c(Cl)c4)c3c2)C1. The van der Waals surface area contributed by atoms with Gasteiger partial charge in [0.25, 0.3) is 0 Å². The summed E-state index contributed by atoms with van der Waals surface area (Å²) in [5.41, 5.74) is 5.67. The fourth-order valence-electron chi connectivity index (χ4n) is 4.38. The molecule has 0 radical (unpaired) electrons. The summed E-state index contributed by atoms with van der Waals surface area (Å²) >= 11 is 6.48. The Kier molecular flexibility index (Phi) is 8.44. The van der Waals surface area contributed by atoms with E-state index in [0.29, 0.717) is 35.2 Å². The Labute approximate surface area is 237 Å². The van der Waals surface area contributed by atoms with Gasteiger partial charge in [0.15, 0.2) is 0 Å². The highest BCUT2D eigenvalue weighted by atomic mass is 35.5. The maximum Gasteiger partial charge on any atom is 0.148 e. The normalized spacial score (nSPS) is 13.3. The topological polar surface area (TPSA) is 93.2 Å². The molecule has 0 fully saturated rings. The Morgan fingerprint density at radius 3 is 2.73 bits per heavy atom. The Bertz CT molecular complexity index is 1720. The lowest BCUT2D eigenvalue weighted by Gasteiger charge is -2.13. The third-order valence-electron chi connectivity index (χ3n) is 6.42. The van der Waals surface area contributed by atoms with Crippen molar-refractivity contribution in [1.82, 2.24) is 15.3 Å². The molecule has 0 amide bonds. The third-order valence-corrected chi connectivity index (χ3v) is 7.66. The van der Waals surface area contributed by atoms with Crippen LogP contribution in [-0.4, -0.2) is 43.5 Å². The molecule has 1 heterocycles. The van der Waals surface area contributed by atoms with Crippen LogP contribution in [0.3, 0.4) is 0 Å². The van der Waals surface area contributed by atoms with Crippen LogP contribution in [0.5, 0.6) is 5.75 Å². The standard InChI is InChI=1S/C30H28ClFN4O3S/c1-40(37,38)12-11-33-17-20-5-6-22(13-20)23-7-9-28-26(15-23)30(35-19-34-28)36-25-8-10-29(27(31)16-25)39-18-21-3-2-4-24(32)14-21/h2-10,14-16,19,33H,11-13,17-18H2,1H3,(H,34,35,36). The van der Waals surface area contributed by atoms with Gasteiger partial charge in [-0.25, -0.2) is 22.8 Å². The van der Waals surface area contributed by atoms with Crippen molar-refractivity contribution in [1.29, 1.82) is 0 Å². The molecule has 0 bridgehead atoms. The molecule has 206 valence electrons. The van der Waals surface area contributed by atoms with E-state index in [0.717, 1.165) is 28.6 Å². The van der Waals surface area contributed by atoms with Gasteiger partial charge in [0.2, 0.25) is 0 Å². The highest BCUT2D eigenvalue weighted by Crippen LogP contribution is 2.33. The van der Waals surface area contributed by atoms with E-state index in [1.165, 1.54) is 35.9 Å². The van der Waals surface area contributed by atoms with Crippen LogP contribution in [-0.2, 0) is 16.4 Å². The predicted molar refractivity (Wildman–Crippen MR) is 158 cm³/mol. The van der Waals surface area contributed by atoms with Crippen molar-refractivity contribution in [3.05, 3.63) is 107 Å². The summed E-state index contributed by atoms with van der Waals surface area (Å²) in [5.74, 6) is 0.947.